The number of aromatic nitrogens is 1. The highest BCUT2D eigenvalue weighted by atomic mass is 35.5. The van der Waals surface area contributed by atoms with Crippen LogP contribution < -0.4 is 5.56 Å². The zero-order valence-electron chi connectivity index (χ0n) is 11.7. The van der Waals surface area contributed by atoms with E-state index in [-0.39, 0.29) is 17.0 Å². The van der Waals surface area contributed by atoms with Crippen LogP contribution in [0.3, 0.4) is 0 Å². The Bertz CT molecular complexity index is 813. The van der Waals surface area contributed by atoms with Crippen molar-refractivity contribution < 1.29 is 8.42 Å². The molecule has 0 saturated carbocycles. The predicted molar refractivity (Wildman–Crippen MR) is 82.1 cm³/mol. The minimum Gasteiger partial charge on any atom is -0.310 e. The van der Waals surface area contributed by atoms with Gasteiger partial charge in [0.2, 0.25) is 10.0 Å². The summed E-state index contributed by atoms with van der Waals surface area (Å²) in [6.45, 7) is 0.218. The third-order valence-corrected chi connectivity index (χ3v) is 5.20. The molecule has 1 aromatic carbocycles. The van der Waals surface area contributed by atoms with E-state index in [2.05, 4.69) is 0 Å². The summed E-state index contributed by atoms with van der Waals surface area (Å²) >= 11 is 6.06. The van der Waals surface area contributed by atoms with Crippen molar-refractivity contribution >= 4 is 21.6 Å². The second-order valence-electron chi connectivity index (χ2n) is 4.71. The lowest BCUT2D eigenvalue weighted by molar-refractivity contribution is 0.519. The van der Waals surface area contributed by atoms with Crippen LogP contribution in [0.4, 0.5) is 0 Å². The van der Waals surface area contributed by atoms with Crippen molar-refractivity contribution in [1.82, 2.24) is 8.87 Å². The van der Waals surface area contributed by atoms with Gasteiger partial charge in [-0.1, -0.05) is 29.8 Å². The molecule has 0 radical (unpaired) electrons. The Kier molecular flexibility index (Phi) is 4.51. The summed E-state index contributed by atoms with van der Waals surface area (Å²) in [7, 11) is -0.691. The Morgan fingerprint density at radius 2 is 1.81 bits per heavy atom. The second kappa shape index (κ2) is 6.01. The molecule has 0 atom stereocenters. The molecule has 1 heterocycles. The highest BCUT2D eigenvalue weighted by molar-refractivity contribution is 7.89. The maximum atomic E-state index is 12.1. The Hall–Kier alpha value is -1.63. The molecule has 0 aliphatic rings. The molecule has 0 amide bonds. The molecule has 0 saturated heterocycles. The summed E-state index contributed by atoms with van der Waals surface area (Å²) in [5.41, 5.74) is 0.466. The molecule has 21 heavy (non-hydrogen) atoms. The van der Waals surface area contributed by atoms with E-state index in [9.17, 15) is 13.2 Å². The average molecular weight is 327 g/mol. The van der Waals surface area contributed by atoms with Crippen LogP contribution in [0.1, 0.15) is 5.56 Å². The van der Waals surface area contributed by atoms with Gasteiger partial charge in [-0.2, -0.15) is 0 Å². The van der Waals surface area contributed by atoms with E-state index in [1.165, 1.54) is 37.0 Å². The fourth-order valence-corrected chi connectivity index (χ4v) is 2.92. The third-order valence-electron chi connectivity index (χ3n) is 3.03. The first kappa shape index (κ1) is 15.8. The molecule has 0 fully saturated rings. The van der Waals surface area contributed by atoms with E-state index in [4.69, 9.17) is 11.6 Å². The van der Waals surface area contributed by atoms with Crippen LogP contribution in [0.25, 0.3) is 0 Å². The highest BCUT2D eigenvalue weighted by Crippen LogP contribution is 2.17. The van der Waals surface area contributed by atoms with Gasteiger partial charge >= 0.3 is 0 Å². The molecule has 2 aromatic rings. The largest absolute Gasteiger partial charge is 0.310 e. The minimum atomic E-state index is -3.58. The van der Waals surface area contributed by atoms with Gasteiger partial charge in [-0.25, -0.2) is 12.7 Å². The summed E-state index contributed by atoms with van der Waals surface area (Å²) in [4.78, 5) is 12.0. The zero-order chi connectivity index (χ0) is 15.6. The number of hydrogen-bond donors (Lipinski definition) is 0. The van der Waals surface area contributed by atoms with E-state index in [0.29, 0.717) is 5.02 Å². The molecule has 112 valence electrons. The maximum absolute atomic E-state index is 12.1. The predicted octanol–water partition coefficient (Wildman–Crippen LogP) is 1.80. The third kappa shape index (κ3) is 3.34. The number of sulfonamides is 1. The monoisotopic (exact) mass is 326 g/mol. The first-order valence-corrected chi connectivity index (χ1v) is 8.00. The number of benzene rings is 1. The molecule has 0 bridgehead atoms. The van der Waals surface area contributed by atoms with Gasteiger partial charge in [-0.15, -0.1) is 0 Å². The van der Waals surface area contributed by atoms with Crippen LogP contribution in [-0.4, -0.2) is 31.4 Å². The molecule has 0 unspecified atom stereocenters. The lowest BCUT2D eigenvalue weighted by atomic mass is 10.2. The highest BCUT2D eigenvalue weighted by Gasteiger charge is 2.18. The molecule has 2 rings (SSSR count). The topological polar surface area (TPSA) is 59.4 Å². The minimum absolute atomic E-state index is 0.0687. The van der Waals surface area contributed by atoms with Gasteiger partial charge in [0.25, 0.3) is 5.56 Å². The second-order valence-corrected chi connectivity index (χ2v) is 7.27. The smallest absolute Gasteiger partial charge is 0.250 e. The lowest BCUT2D eigenvalue weighted by Gasteiger charge is -2.13. The van der Waals surface area contributed by atoms with Crippen molar-refractivity contribution in [1.29, 1.82) is 0 Å². The molecule has 1 aromatic heterocycles. The van der Waals surface area contributed by atoms with Crippen LogP contribution in [0.5, 0.6) is 0 Å². The van der Waals surface area contributed by atoms with Crippen molar-refractivity contribution in [3.63, 3.8) is 0 Å². The Balaban J connectivity index is 2.47. The quantitative estimate of drug-likeness (QED) is 0.860. The van der Waals surface area contributed by atoms with Gasteiger partial charge < -0.3 is 4.57 Å². The molecular weight excluding hydrogens is 312 g/mol. The normalized spacial score (nSPS) is 11.8. The summed E-state index contributed by atoms with van der Waals surface area (Å²) < 4.78 is 26.6. The number of pyridine rings is 1. The van der Waals surface area contributed by atoms with Crippen molar-refractivity contribution in [2.75, 3.05) is 14.1 Å². The van der Waals surface area contributed by atoms with E-state index < -0.39 is 10.0 Å². The summed E-state index contributed by atoms with van der Waals surface area (Å²) in [6.07, 6.45) is 1.33. The Labute approximate surface area is 128 Å². The molecule has 0 spiro atoms. The fourth-order valence-electron chi connectivity index (χ4n) is 1.81. The lowest BCUT2D eigenvalue weighted by Crippen LogP contribution is -2.26. The van der Waals surface area contributed by atoms with E-state index in [0.717, 1.165) is 9.87 Å². The van der Waals surface area contributed by atoms with Crippen LogP contribution >= 0.6 is 11.6 Å². The fraction of sp³-hybridized carbons (Fsp3) is 0.214. The van der Waals surface area contributed by atoms with Gasteiger partial charge in [-0.3, -0.25) is 4.79 Å². The standard InChI is InChI=1S/C14H15ClN2O3S/c1-16(2)21(19,20)12-7-8-14(18)17(10-12)9-11-5-3-4-6-13(11)15/h3-8,10H,9H2,1-2H3. The number of hydrogen-bond acceptors (Lipinski definition) is 3. The van der Waals surface area contributed by atoms with Crippen molar-refractivity contribution in [2.24, 2.45) is 0 Å². The molecule has 0 aliphatic carbocycles. The first-order chi connectivity index (χ1) is 9.82. The molecule has 0 aliphatic heterocycles. The van der Waals surface area contributed by atoms with E-state index >= 15 is 0 Å². The molecular formula is C14H15ClN2O3S. The number of nitrogens with zero attached hydrogens (tertiary/aromatic N) is 2. The summed E-state index contributed by atoms with van der Waals surface area (Å²) in [5.74, 6) is 0. The number of halogens is 1. The number of rotatable bonds is 4. The van der Waals surface area contributed by atoms with Crippen molar-refractivity contribution in [3.8, 4) is 0 Å². The van der Waals surface area contributed by atoms with Gasteiger partial charge in [-0.05, 0) is 17.7 Å². The van der Waals surface area contributed by atoms with Crippen LogP contribution in [0.2, 0.25) is 5.02 Å². The van der Waals surface area contributed by atoms with Crippen LogP contribution in [-0.2, 0) is 16.6 Å². The molecule has 0 N–H and O–H groups in total. The molecule has 7 heteroatoms. The van der Waals surface area contributed by atoms with Crippen LogP contribution in [0.15, 0.2) is 52.3 Å². The first-order valence-electron chi connectivity index (χ1n) is 6.19. The Morgan fingerprint density at radius 3 is 2.43 bits per heavy atom. The van der Waals surface area contributed by atoms with E-state index in [1.54, 1.807) is 18.2 Å². The Morgan fingerprint density at radius 1 is 1.14 bits per heavy atom. The van der Waals surface area contributed by atoms with Gasteiger partial charge in [0, 0.05) is 31.4 Å². The van der Waals surface area contributed by atoms with E-state index in [1.807, 2.05) is 6.07 Å². The van der Waals surface area contributed by atoms with Gasteiger partial charge in [0.1, 0.15) is 0 Å². The summed E-state index contributed by atoms with van der Waals surface area (Å²) in [5, 5.41) is 0.533. The average Bonchev–Trinajstić information content (AvgIpc) is 2.43. The van der Waals surface area contributed by atoms with Gasteiger partial charge in [0.05, 0.1) is 11.4 Å². The van der Waals surface area contributed by atoms with Crippen LogP contribution in [0, 0.1) is 0 Å². The SMILES string of the molecule is CN(C)S(=O)(=O)c1ccc(=O)n(Cc2ccccc2Cl)c1. The van der Waals surface area contributed by atoms with Gasteiger partial charge in [0.15, 0.2) is 0 Å². The maximum Gasteiger partial charge on any atom is 0.250 e. The zero-order valence-corrected chi connectivity index (χ0v) is 13.2. The molecule has 5 nitrogen and oxygen atoms in total. The van der Waals surface area contributed by atoms with Crippen molar-refractivity contribution in [3.05, 3.63) is 63.5 Å². The summed E-state index contributed by atoms with van der Waals surface area (Å²) in [6, 6.07) is 9.67. The van der Waals surface area contributed by atoms with Crippen molar-refractivity contribution in [2.45, 2.75) is 11.4 Å².